The summed E-state index contributed by atoms with van der Waals surface area (Å²) in [5.74, 6) is 0. The fourth-order valence-electron chi connectivity index (χ4n) is 3.71. The van der Waals surface area contributed by atoms with E-state index in [2.05, 4.69) is 12.1 Å². The molecule has 0 amide bonds. The molecular weight excluding hydrogens is 397 g/mol. The highest BCUT2D eigenvalue weighted by atomic mass is 16.5. The Balaban J connectivity index is 1.57. The number of aliphatic hydroxyl groups is 1. The van der Waals surface area contributed by atoms with Crippen molar-refractivity contribution in [3.8, 4) is 11.3 Å². The zero-order valence-corrected chi connectivity index (χ0v) is 18.7. The minimum absolute atomic E-state index is 0.716. The van der Waals surface area contributed by atoms with Crippen LogP contribution in [0.15, 0.2) is 77.2 Å². The van der Waals surface area contributed by atoms with Gasteiger partial charge in [0.2, 0.25) is 0 Å². The van der Waals surface area contributed by atoms with Crippen LogP contribution in [0.5, 0.6) is 0 Å². The zero-order chi connectivity index (χ0) is 22.5. The van der Waals surface area contributed by atoms with E-state index in [9.17, 15) is 5.11 Å². The number of para-hydroxylation sites is 2. The molecule has 1 N–H and O–H groups in total. The number of aromatic nitrogens is 1. The summed E-state index contributed by atoms with van der Waals surface area (Å²) < 4.78 is 12.2. The summed E-state index contributed by atoms with van der Waals surface area (Å²) in [6.45, 7) is 7.23. The lowest BCUT2D eigenvalue weighted by molar-refractivity contribution is -0.0893. The number of hydrogen-bond donors (Lipinski definition) is 1. The van der Waals surface area contributed by atoms with Crippen LogP contribution in [-0.2, 0) is 4.65 Å². The maximum atomic E-state index is 10.3. The van der Waals surface area contributed by atoms with Crippen molar-refractivity contribution in [1.29, 1.82) is 0 Å². The number of furan rings is 1. The number of nitrogens with zero attached hydrogens (tertiary/aromatic N) is 1. The smallest absolute Gasteiger partial charge is 0.330 e. The summed E-state index contributed by atoms with van der Waals surface area (Å²) in [6, 6.07) is 24.3. The second-order valence-corrected chi connectivity index (χ2v) is 9.21. The lowest BCUT2D eigenvalue weighted by Gasteiger charge is -2.37. The van der Waals surface area contributed by atoms with Crippen LogP contribution < -0.4 is 5.46 Å². The van der Waals surface area contributed by atoms with Gasteiger partial charge in [-0.05, 0) is 39.8 Å². The first kappa shape index (κ1) is 20.7. The van der Waals surface area contributed by atoms with Gasteiger partial charge in [0, 0.05) is 21.7 Å². The molecule has 5 heteroatoms. The summed E-state index contributed by atoms with van der Waals surface area (Å²) in [5, 5.41) is 13.6. The van der Waals surface area contributed by atoms with Gasteiger partial charge < -0.3 is 14.2 Å². The summed E-state index contributed by atoms with van der Waals surface area (Å²) >= 11 is 0. The normalized spacial score (nSPS) is 12.7. The molecule has 0 spiro atoms. The van der Waals surface area contributed by atoms with Crippen LogP contribution in [0.25, 0.3) is 44.1 Å². The molecule has 1 radical (unpaired) electrons. The molecule has 0 saturated carbocycles. The van der Waals surface area contributed by atoms with Crippen molar-refractivity contribution in [2.45, 2.75) is 38.9 Å². The molecule has 0 aliphatic carbocycles. The Morgan fingerprint density at radius 2 is 1.50 bits per heavy atom. The van der Waals surface area contributed by atoms with Crippen LogP contribution in [0.3, 0.4) is 0 Å². The summed E-state index contributed by atoms with van der Waals surface area (Å²) in [5.41, 5.74) is 3.60. The molecule has 0 saturated heterocycles. The highest BCUT2D eigenvalue weighted by Gasteiger charge is 2.35. The van der Waals surface area contributed by atoms with E-state index in [0.29, 0.717) is 0 Å². The van der Waals surface area contributed by atoms with Crippen LogP contribution in [-0.4, -0.2) is 28.8 Å². The minimum Gasteiger partial charge on any atom is -0.454 e. The summed E-state index contributed by atoms with van der Waals surface area (Å²) in [4.78, 5) is 4.95. The zero-order valence-electron chi connectivity index (χ0n) is 18.7. The van der Waals surface area contributed by atoms with Crippen LogP contribution in [0, 0.1) is 0 Å². The van der Waals surface area contributed by atoms with E-state index in [1.165, 1.54) is 0 Å². The number of hydrogen-bond acceptors (Lipinski definition) is 4. The van der Waals surface area contributed by atoms with Crippen molar-refractivity contribution in [3.63, 3.8) is 0 Å². The second-order valence-electron chi connectivity index (χ2n) is 9.21. The van der Waals surface area contributed by atoms with Crippen molar-refractivity contribution >= 4 is 45.8 Å². The Labute approximate surface area is 188 Å². The van der Waals surface area contributed by atoms with Crippen molar-refractivity contribution in [2.24, 2.45) is 0 Å². The predicted molar refractivity (Wildman–Crippen MR) is 131 cm³/mol. The Morgan fingerprint density at radius 3 is 2.22 bits per heavy atom. The van der Waals surface area contributed by atoms with E-state index >= 15 is 0 Å². The standard InChI is InChI=1S/C27H25BNO3/c1-26(2,30)27(3,4)32-28-18-15-13-17(14-16-18)24-25-23(19-9-5-7-11-21(19)29-24)20-10-6-8-12-22(20)31-25/h5-16,30H,1-4H3. The Kier molecular flexibility index (Phi) is 4.84. The molecule has 2 heterocycles. The summed E-state index contributed by atoms with van der Waals surface area (Å²) in [7, 11) is 1.69. The van der Waals surface area contributed by atoms with Crippen LogP contribution in [0.4, 0.5) is 0 Å². The van der Waals surface area contributed by atoms with Gasteiger partial charge in [-0.3, -0.25) is 0 Å². The minimum atomic E-state index is -0.967. The molecule has 0 fully saturated rings. The Morgan fingerprint density at radius 1 is 0.844 bits per heavy atom. The quantitative estimate of drug-likeness (QED) is 0.374. The summed E-state index contributed by atoms with van der Waals surface area (Å²) in [6.07, 6.45) is 0. The first-order valence-corrected chi connectivity index (χ1v) is 10.8. The maximum absolute atomic E-state index is 10.3. The highest BCUT2D eigenvalue weighted by molar-refractivity contribution is 6.47. The molecule has 5 aromatic rings. The lowest BCUT2D eigenvalue weighted by atomic mass is 9.82. The van der Waals surface area contributed by atoms with E-state index in [0.717, 1.165) is 49.6 Å². The Bertz CT molecular complexity index is 1430. The van der Waals surface area contributed by atoms with Crippen LogP contribution in [0.2, 0.25) is 0 Å². The molecule has 0 aliphatic heterocycles. The first-order valence-electron chi connectivity index (χ1n) is 10.8. The number of fused-ring (bicyclic) bond motifs is 5. The van der Waals surface area contributed by atoms with E-state index in [4.69, 9.17) is 14.1 Å². The molecule has 3 aromatic carbocycles. The topological polar surface area (TPSA) is 55.5 Å². The van der Waals surface area contributed by atoms with E-state index in [-0.39, 0.29) is 0 Å². The highest BCUT2D eigenvalue weighted by Crippen LogP contribution is 2.38. The number of pyridine rings is 1. The van der Waals surface area contributed by atoms with Crippen LogP contribution >= 0.6 is 0 Å². The maximum Gasteiger partial charge on any atom is 0.330 e. The van der Waals surface area contributed by atoms with Gasteiger partial charge in [-0.25, -0.2) is 4.98 Å². The molecule has 159 valence electrons. The third kappa shape index (κ3) is 3.48. The van der Waals surface area contributed by atoms with Crippen molar-refractivity contribution in [3.05, 3.63) is 72.8 Å². The third-order valence-electron chi connectivity index (χ3n) is 6.36. The molecule has 0 unspecified atom stereocenters. The molecular formula is C27H25BNO3. The SMILES string of the molecule is CC(C)(O)C(C)(C)O[B]c1ccc(-c2nc3ccccc3c3c2oc2ccccc23)cc1. The fourth-order valence-corrected chi connectivity index (χ4v) is 3.71. The van der Waals surface area contributed by atoms with Gasteiger partial charge in [0.05, 0.1) is 16.7 Å². The molecule has 0 aliphatic rings. The second kappa shape index (κ2) is 7.47. The predicted octanol–water partition coefficient (Wildman–Crippen LogP) is 5.61. The van der Waals surface area contributed by atoms with E-state index in [1.807, 2.05) is 74.5 Å². The Hall–Kier alpha value is -3.15. The molecule has 0 atom stereocenters. The van der Waals surface area contributed by atoms with E-state index < -0.39 is 11.2 Å². The number of rotatable bonds is 5. The van der Waals surface area contributed by atoms with Gasteiger partial charge in [-0.1, -0.05) is 66.1 Å². The van der Waals surface area contributed by atoms with E-state index in [1.54, 1.807) is 21.3 Å². The van der Waals surface area contributed by atoms with Crippen molar-refractivity contribution in [1.82, 2.24) is 4.98 Å². The van der Waals surface area contributed by atoms with Gasteiger partial charge >= 0.3 is 7.48 Å². The fraction of sp³-hybridized carbons (Fsp3) is 0.222. The van der Waals surface area contributed by atoms with Gasteiger partial charge in [0.25, 0.3) is 0 Å². The van der Waals surface area contributed by atoms with Gasteiger partial charge in [-0.15, -0.1) is 0 Å². The average molecular weight is 422 g/mol. The first-order chi connectivity index (χ1) is 15.2. The van der Waals surface area contributed by atoms with Crippen molar-refractivity contribution < 1.29 is 14.2 Å². The monoisotopic (exact) mass is 422 g/mol. The van der Waals surface area contributed by atoms with Gasteiger partial charge in [-0.2, -0.15) is 0 Å². The largest absolute Gasteiger partial charge is 0.454 e. The lowest BCUT2D eigenvalue weighted by Crippen LogP contribution is -2.49. The molecule has 2 aromatic heterocycles. The van der Waals surface area contributed by atoms with Crippen molar-refractivity contribution in [2.75, 3.05) is 0 Å². The van der Waals surface area contributed by atoms with Gasteiger partial charge in [0.15, 0.2) is 5.58 Å². The van der Waals surface area contributed by atoms with Crippen LogP contribution in [0.1, 0.15) is 27.7 Å². The average Bonchev–Trinajstić information content (AvgIpc) is 3.17. The third-order valence-corrected chi connectivity index (χ3v) is 6.36. The van der Waals surface area contributed by atoms with Gasteiger partial charge in [0.1, 0.15) is 11.3 Å². The molecule has 32 heavy (non-hydrogen) atoms. The molecule has 5 rings (SSSR count). The number of benzene rings is 3. The molecule has 0 bridgehead atoms. The molecule has 4 nitrogen and oxygen atoms in total.